The molecule has 2 aliphatic rings. The van der Waals surface area contributed by atoms with Crippen molar-refractivity contribution in [1.82, 2.24) is 15.1 Å². The van der Waals surface area contributed by atoms with E-state index in [1.807, 2.05) is 35.2 Å². The third kappa shape index (κ3) is 7.31. The predicted molar refractivity (Wildman–Crippen MR) is 123 cm³/mol. The molecule has 0 saturated carbocycles. The van der Waals surface area contributed by atoms with Gasteiger partial charge in [-0.25, -0.2) is 0 Å². The maximum atomic E-state index is 12.7. The standard InChI is InChI=1S/C24H36N4O4/c1-32-17-5-12-25-23(30)19-8-13-27(14-9-19)18-22(29)28-15-10-20(11-16-28)24(31)26-21-6-3-2-4-7-21/h2-4,6-7,19-20H,5,8-18H2,1H3,(H,25,30)(H,26,31). The van der Waals surface area contributed by atoms with Crippen LogP contribution in [0.25, 0.3) is 0 Å². The van der Waals surface area contributed by atoms with Crippen molar-refractivity contribution in [3.8, 4) is 0 Å². The fourth-order valence-electron chi connectivity index (χ4n) is 4.37. The lowest BCUT2D eigenvalue weighted by molar-refractivity contribution is -0.136. The average molecular weight is 445 g/mol. The second-order valence-electron chi connectivity index (χ2n) is 8.70. The zero-order valence-corrected chi connectivity index (χ0v) is 19.1. The number of carbonyl (C=O) groups excluding carboxylic acids is 3. The first-order valence-electron chi connectivity index (χ1n) is 11.7. The van der Waals surface area contributed by atoms with E-state index in [4.69, 9.17) is 4.74 Å². The summed E-state index contributed by atoms with van der Waals surface area (Å²) < 4.78 is 5.00. The Labute approximate surface area is 190 Å². The van der Waals surface area contributed by atoms with E-state index in [0.717, 1.165) is 38.0 Å². The molecule has 2 N–H and O–H groups in total. The number of anilines is 1. The lowest BCUT2D eigenvalue weighted by Gasteiger charge is -2.35. The minimum absolute atomic E-state index is 0.0303. The van der Waals surface area contributed by atoms with Crippen molar-refractivity contribution in [2.45, 2.75) is 32.1 Å². The Kier molecular flexibility index (Phi) is 9.49. The molecule has 1 aromatic carbocycles. The zero-order valence-electron chi connectivity index (χ0n) is 19.1. The highest BCUT2D eigenvalue weighted by Gasteiger charge is 2.30. The van der Waals surface area contributed by atoms with E-state index in [-0.39, 0.29) is 29.6 Å². The van der Waals surface area contributed by atoms with Crippen molar-refractivity contribution in [2.24, 2.45) is 11.8 Å². The maximum Gasteiger partial charge on any atom is 0.236 e. The van der Waals surface area contributed by atoms with E-state index in [0.29, 0.717) is 45.6 Å². The number of methoxy groups -OCH3 is 1. The molecule has 0 unspecified atom stereocenters. The van der Waals surface area contributed by atoms with Gasteiger partial charge in [-0.15, -0.1) is 0 Å². The molecule has 0 aliphatic carbocycles. The molecule has 3 rings (SSSR count). The van der Waals surface area contributed by atoms with E-state index < -0.39 is 0 Å². The number of rotatable bonds is 9. The molecule has 3 amide bonds. The van der Waals surface area contributed by atoms with Gasteiger partial charge in [-0.1, -0.05) is 18.2 Å². The lowest BCUT2D eigenvalue weighted by atomic mass is 9.95. The van der Waals surface area contributed by atoms with Crippen molar-refractivity contribution >= 4 is 23.4 Å². The van der Waals surface area contributed by atoms with Crippen LogP contribution in [0.3, 0.4) is 0 Å². The number of carbonyl (C=O) groups is 3. The van der Waals surface area contributed by atoms with Crippen LogP contribution in [0.5, 0.6) is 0 Å². The Morgan fingerprint density at radius 3 is 2.22 bits per heavy atom. The molecule has 1 aromatic rings. The normalized spacial score (nSPS) is 18.3. The van der Waals surface area contributed by atoms with E-state index in [9.17, 15) is 14.4 Å². The summed E-state index contributed by atoms with van der Waals surface area (Å²) in [7, 11) is 1.66. The van der Waals surface area contributed by atoms with Gasteiger partial charge in [-0.3, -0.25) is 19.3 Å². The Hall–Kier alpha value is -2.45. The molecule has 0 aromatic heterocycles. The summed E-state index contributed by atoms with van der Waals surface area (Å²) in [6.07, 6.45) is 3.77. The third-order valence-corrected chi connectivity index (χ3v) is 6.40. The first kappa shape index (κ1) is 24.2. The lowest BCUT2D eigenvalue weighted by Crippen LogP contribution is -2.48. The van der Waals surface area contributed by atoms with Gasteiger partial charge in [0.1, 0.15) is 0 Å². The number of nitrogens with one attached hydrogen (secondary N) is 2. The van der Waals surface area contributed by atoms with E-state index in [2.05, 4.69) is 15.5 Å². The summed E-state index contributed by atoms with van der Waals surface area (Å²) in [6, 6.07) is 9.47. The summed E-state index contributed by atoms with van der Waals surface area (Å²) in [4.78, 5) is 41.5. The first-order valence-corrected chi connectivity index (χ1v) is 11.7. The Balaban J connectivity index is 1.33. The van der Waals surface area contributed by atoms with Crippen LogP contribution >= 0.6 is 0 Å². The minimum Gasteiger partial charge on any atom is -0.385 e. The van der Waals surface area contributed by atoms with Gasteiger partial charge >= 0.3 is 0 Å². The second-order valence-corrected chi connectivity index (χ2v) is 8.70. The van der Waals surface area contributed by atoms with Gasteiger partial charge in [0.2, 0.25) is 17.7 Å². The van der Waals surface area contributed by atoms with Gasteiger partial charge in [0.25, 0.3) is 0 Å². The van der Waals surface area contributed by atoms with Gasteiger partial charge < -0.3 is 20.3 Å². The molecule has 0 bridgehead atoms. The molecule has 2 aliphatic heterocycles. The van der Waals surface area contributed by atoms with Gasteiger partial charge in [0, 0.05) is 50.9 Å². The maximum absolute atomic E-state index is 12.7. The Morgan fingerprint density at radius 2 is 1.56 bits per heavy atom. The smallest absolute Gasteiger partial charge is 0.236 e. The number of amides is 3. The average Bonchev–Trinajstić information content (AvgIpc) is 2.83. The van der Waals surface area contributed by atoms with Crippen LogP contribution in [-0.2, 0) is 19.1 Å². The van der Waals surface area contributed by atoms with Crippen LogP contribution in [0.15, 0.2) is 30.3 Å². The number of nitrogens with zero attached hydrogens (tertiary/aromatic N) is 2. The number of hydrogen-bond donors (Lipinski definition) is 2. The second kappa shape index (κ2) is 12.6. The predicted octanol–water partition coefficient (Wildman–Crippen LogP) is 1.73. The van der Waals surface area contributed by atoms with Crippen molar-refractivity contribution in [3.05, 3.63) is 30.3 Å². The fraction of sp³-hybridized carbons (Fsp3) is 0.625. The van der Waals surface area contributed by atoms with Gasteiger partial charge in [0.15, 0.2) is 0 Å². The molecule has 2 heterocycles. The van der Waals surface area contributed by atoms with Gasteiger partial charge in [-0.05, 0) is 57.3 Å². The number of benzene rings is 1. The van der Waals surface area contributed by atoms with Crippen LogP contribution in [0, 0.1) is 11.8 Å². The van der Waals surface area contributed by atoms with Gasteiger partial charge in [0.05, 0.1) is 6.54 Å². The Morgan fingerprint density at radius 1 is 0.938 bits per heavy atom. The van der Waals surface area contributed by atoms with Crippen LogP contribution in [0.4, 0.5) is 5.69 Å². The molecule has 0 radical (unpaired) electrons. The quantitative estimate of drug-likeness (QED) is 0.566. The van der Waals surface area contributed by atoms with Crippen molar-refractivity contribution in [1.29, 1.82) is 0 Å². The summed E-state index contributed by atoms with van der Waals surface area (Å²) in [5.74, 6) is 0.239. The molecule has 8 heteroatoms. The first-order chi connectivity index (χ1) is 15.6. The van der Waals surface area contributed by atoms with E-state index in [1.165, 1.54) is 0 Å². The number of para-hydroxylation sites is 1. The molecular formula is C24H36N4O4. The van der Waals surface area contributed by atoms with Crippen molar-refractivity contribution < 1.29 is 19.1 Å². The number of hydrogen-bond acceptors (Lipinski definition) is 5. The molecular weight excluding hydrogens is 408 g/mol. The van der Waals surface area contributed by atoms with E-state index >= 15 is 0 Å². The highest BCUT2D eigenvalue weighted by molar-refractivity contribution is 5.92. The fourth-order valence-corrected chi connectivity index (χ4v) is 4.37. The van der Waals surface area contributed by atoms with Crippen LogP contribution in [0.1, 0.15) is 32.1 Å². The zero-order chi connectivity index (χ0) is 22.8. The molecule has 32 heavy (non-hydrogen) atoms. The van der Waals surface area contributed by atoms with Crippen molar-refractivity contribution in [2.75, 3.05) is 58.3 Å². The van der Waals surface area contributed by atoms with Gasteiger partial charge in [-0.2, -0.15) is 0 Å². The molecule has 8 nitrogen and oxygen atoms in total. The van der Waals surface area contributed by atoms with Crippen LogP contribution in [-0.4, -0.2) is 80.5 Å². The largest absolute Gasteiger partial charge is 0.385 e. The summed E-state index contributed by atoms with van der Waals surface area (Å²) in [6.45, 7) is 4.44. The van der Waals surface area contributed by atoms with E-state index in [1.54, 1.807) is 7.11 Å². The Bertz CT molecular complexity index is 742. The highest BCUT2D eigenvalue weighted by atomic mass is 16.5. The van der Waals surface area contributed by atoms with Crippen LogP contribution in [0.2, 0.25) is 0 Å². The molecule has 0 spiro atoms. The number of ether oxygens (including phenoxy) is 1. The minimum atomic E-state index is -0.0580. The topological polar surface area (TPSA) is 91.0 Å². The van der Waals surface area contributed by atoms with Crippen LogP contribution < -0.4 is 10.6 Å². The molecule has 2 fully saturated rings. The monoisotopic (exact) mass is 444 g/mol. The molecule has 2 saturated heterocycles. The summed E-state index contributed by atoms with van der Waals surface area (Å²) in [5.41, 5.74) is 0.808. The number of likely N-dealkylation sites (tertiary alicyclic amines) is 2. The molecule has 0 atom stereocenters. The SMILES string of the molecule is COCCCNC(=O)C1CCN(CC(=O)N2CCC(C(=O)Nc3ccccc3)CC2)CC1. The third-order valence-electron chi connectivity index (χ3n) is 6.40. The summed E-state index contributed by atoms with van der Waals surface area (Å²) in [5, 5.41) is 5.94. The summed E-state index contributed by atoms with van der Waals surface area (Å²) >= 11 is 0. The molecule has 176 valence electrons. The number of piperidine rings is 2. The highest BCUT2D eigenvalue weighted by Crippen LogP contribution is 2.21. The van der Waals surface area contributed by atoms with Crippen molar-refractivity contribution in [3.63, 3.8) is 0 Å².